The minimum atomic E-state index is -2.86. The molecule has 0 aliphatic heterocycles. The molecule has 0 aliphatic rings. The van der Waals surface area contributed by atoms with Gasteiger partial charge in [0.05, 0.1) is 6.21 Å². The van der Waals surface area contributed by atoms with Crippen LogP contribution in [0.3, 0.4) is 0 Å². The molecular formula is C12H11F2N5O2. The maximum atomic E-state index is 12.0. The smallest absolute Gasteiger partial charge is 0.387 e. The number of rotatable bonds is 5. The lowest BCUT2D eigenvalue weighted by Gasteiger charge is -2.03. The van der Waals surface area contributed by atoms with Gasteiger partial charge in [-0.05, 0) is 36.8 Å². The highest BCUT2D eigenvalue weighted by atomic mass is 19.3. The highest BCUT2D eigenvalue weighted by molar-refractivity contribution is 5.80. The summed E-state index contributed by atoms with van der Waals surface area (Å²) < 4.78 is 28.2. The van der Waals surface area contributed by atoms with Crippen molar-refractivity contribution < 1.29 is 13.5 Å². The molecule has 2 N–H and O–H groups in total. The molecule has 0 saturated heterocycles. The molecule has 0 bridgehead atoms. The van der Waals surface area contributed by atoms with Crippen LogP contribution in [0, 0.1) is 6.92 Å². The lowest BCUT2D eigenvalue weighted by atomic mass is 10.2. The number of hydrazone groups is 1. The number of H-pyrrole nitrogens is 1. The van der Waals surface area contributed by atoms with Crippen LogP contribution in [0.15, 0.2) is 34.2 Å². The Bertz CT molecular complexity index is 685. The van der Waals surface area contributed by atoms with E-state index >= 15 is 0 Å². The molecule has 2 aromatic rings. The molecule has 21 heavy (non-hydrogen) atoms. The van der Waals surface area contributed by atoms with Gasteiger partial charge in [0.2, 0.25) is 5.95 Å². The second kappa shape index (κ2) is 6.55. The Morgan fingerprint density at radius 2 is 2.05 bits per heavy atom. The van der Waals surface area contributed by atoms with Gasteiger partial charge >= 0.3 is 6.61 Å². The number of aryl methyl sites for hydroxylation is 1. The van der Waals surface area contributed by atoms with E-state index < -0.39 is 6.61 Å². The fourth-order valence-corrected chi connectivity index (χ4v) is 1.35. The normalized spacial score (nSPS) is 11.0. The fraction of sp³-hybridized carbons (Fsp3) is 0.167. The van der Waals surface area contributed by atoms with Crippen LogP contribution in [0.4, 0.5) is 14.7 Å². The molecule has 1 aromatic heterocycles. The Morgan fingerprint density at radius 1 is 1.33 bits per heavy atom. The zero-order valence-corrected chi connectivity index (χ0v) is 10.9. The Balaban J connectivity index is 1.97. The van der Waals surface area contributed by atoms with Gasteiger partial charge in [0.1, 0.15) is 11.4 Å². The molecule has 1 heterocycles. The molecule has 1 aromatic carbocycles. The quantitative estimate of drug-likeness (QED) is 0.644. The first-order chi connectivity index (χ1) is 10.0. The summed E-state index contributed by atoms with van der Waals surface area (Å²) in [4.78, 5) is 13.7. The summed E-state index contributed by atoms with van der Waals surface area (Å²) in [5.41, 5.74) is 3.03. The van der Waals surface area contributed by atoms with Crippen LogP contribution in [0.2, 0.25) is 0 Å². The maximum absolute atomic E-state index is 12.0. The molecule has 7 nitrogen and oxygen atoms in total. The molecular weight excluding hydrogens is 284 g/mol. The van der Waals surface area contributed by atoms with E-state index in [1.54, 1.807) is 12.1 Å². The largest absolute Gasteiger partial charge is 0.435 e. The van der Waals surface area contributed by atoms with Crippen LogP contribution < -0.4 is 15.7 Å². The average Bonchev–Trinajstić information content (AvgIpc) is 2.44. The summed E-state index contributed by atoms with van der Waals surface area (Å²) in [5.74, 6) is 0.156. The van der Waals surface area contributed by atoms with Crippen LogP contribution in [-0.2, 0) is 0 Å². The summed E-state index contributed by atoms with van der Waals surface area (Å²) in [6, 6.07) is 5.88. The van der Waals surface area contributed by atoms with Gasteiger partial charge in [0, 0.05) is 0 Å². The van der Waals surface area contributed by atoms with Crippen LogP contribution in [0.1, 0.15) is 11.3 Å². The van der Waals surface area contributed by atoms with E-state index in [9.17, 15) is 13.6 Å². The molecule has 0 amide bonds. The Hall–Kier alpha value is -2.84. The topological polar surface area (TPSA) is 92.3 Å². The van der Waals surface area contributed by atoms with Crippen molar-refractivity contribution in [3.63, 3.8) is 0 Å². The minimum absolute atomic E-state index is 0.0591. The Kier molecular flexibility index (Phi) is 4.54. The number of alkyl halides is 2. The zero-order valence-electron chi connectivity index (χ0n) is 10.9. The summed E-state index contributed by atoms with van der Waals surface area (Å²) >= 11 is 0. The number of aromatic amines is 1. The van der Waals surface area contributed by atoms with Gasteiger partial charge in [-0.3, -0.25) is 9.78 Å². The first-order valence-corrected chi connectivity index (χ1v) is 5.82. The van der Waals surface area contributed by atoms with Crippen molar-refractivity contribution in [1.82, 2.24) is 15.2 Å². The Morgan fingerprint density at radius 3 is 2.67 bits per heavy atom. The maximum Gasteiger partial charge on any atom is 0.387 e. The predicted molar refractivity (Wildman–Crippen MR) is 71.7 cm³/mol. The standard InChI is InChI=1S/C12H11F2N5O2/c1-7-10(20)16-12(19-17-7)18-15-6-8-2-4-9(5-3-8)21-11(13)14/h2-6,11H,1H3,(H2,16,18,19,20)/b15-6-. The molecule has 110 valence electrons. The zero-order chi connectivity index (χ0) is 15.2. The van der Waals surface area contributed by atoms with Gasteiger partial charge in [-0.2, -0.15) is 13.9 Å². The number of hydrogen-bond donors (Lipinski definition) is 2. The molecule has 0 unspecified atom stereocenters. The van der Waals surface area contributed by atoms with E-state index in [1.807, 2.05) is 0 Å². The van der Waals surface area contributed by atoms with E-state index in [0.717, 1.165) is 0 Å². The van der Waals surface area contributed by atoms with Crippen molar-refractivity contribution in [3.05, 3.63) is 45.9 Å². The third-order valence-corrected chi connectivity index (χ3v) is 2.35. The molecule has 9 heteroatoms. The monoisotopic (exact) mass is 295 g/mol. The van der Waals surface area contributed by atoms with Crippen LogP contribution in [0.5, 0.6) is 5.75 Å². The summed E-state index contributed by atoms with van der Waals surface area (Å²) in [7, 11) is 0. The highest BCUT2D eigenvalue weighted by Crippen LogP contribution is 2.13. The Labute approximate surface area is 117 Å². The van der Waals surface area contributed by atoms with Crippen molar-refractivity contribution in [2.75, 3.05) is 5.43 Å². The number of ether oxygens (including phenoxy) is 1. The highest BCUT2D eigenvalue weighted by Gasteiger charge is 2.03. The molecule has 0 saturated carbocycles. The number of nitrogens with one attached hydrogen (secondary N) is 2. The van der Waals surface area contributed by atoms with Gasteiger partial charge in [0.25, 0.3) is 5.56 Å². The SMILES string of the molecule is Cc1nnc(N/N=C\c2ccc(OC(F)F)cc2)[nH]c1=O. The second-order valence-electron chi connectivity index (χ2n) is 3.91. The van der Waals surface area contributed by atoms with Crippen LogP contribution >= 0.6 is 0 Å². The number of halogens is 2. The van der Waals surface area contributed by atoms with Gasteiger partial charge < -0.3 is 4.74 Å². The first-order valence-electron chi connectivity index (χ1n) is 5.82. The van der Waals surface area contributed by atoms with Gasteiger partial charge in [0.15, 0.2) is 0 Å². The predicted octanol–water partition coefficient (Wildman–Crippen LogP) is 1.52. The van der Waals surface area contributed by atoms with Crippen molar-refractivity contribution in [2.45, 2.75) is 13.5 Å². The molecule has 0 spiro atoms. The number of nitrogens with zero attached hydrogens (tertiary/aromatic N) is 3. The van der Waals surface area contributed by atoms with E-state index in [1.165, 1.54) is 25.3 Å². The first kappa shape index (κ1) is 14.6. The number of aromatic nitrogens is 3. The molecule has 0 aliphatic carbocycles. The second-order valence-corrected chi connectivity index (χ2v) is 3.91. The van der Waals surface area contributed by atoms with Crippen LogP contribution in [-0.4, -0.2) is 28.0 Å². The molecule has 0 atom stereocenters. The fourth-order valence-electron chi connectivity index (χ4n) is 1.35. The third-order valence-electron chi connectivity index (χ3n) is 2.35. The van der Waals surface area contributed by atoms with Crippen molar-refractivity contribution in [1.29, 1.82) is 0 Å². The number of hydrogen-bond acceptors (Lipinski definition) is 6. The van der Waals surface area contributed by atoms with Crippen LogP contribution in [0.25, 0.3) is 0 Å². The minimum Gasteiger partial charge on any atom is -0.435 e. The molecule has 0 fully saturated rings. The van der Waals surface area contributed by atoms with E-state index in [-0.39, 0.29) is 23.0 Å². The van der Waals surface area contributed by atoms with Gasteiger partial charge in [-0.1, -0.05) is 0 Å². The lowest BCUT2D eigenvalue weighted by Crippen LogP contribution is -2.15. The van der Waals surface area contributed by atoms with Gasteiger partial charge in [-0.15, -0.1) is 10.2 Å². The average molecular weight is 295 g/mol. The van der Waals surface area contributed by atoms with E-state index in [0.29, 0.717) is 5.56 Å². The number of benzene rings is 1. The van der Waals surface area contributed by atoms with E-state index in [2.05, 4.69) is 30.4 Å². The lowest BCUT2D eigenvalue weighted by molar-refractivity contribution is -0.0498. The summed E-state index contributed by atoms with van der Waals surface area (Å²) in [5, 5.41) is 11.1. The summed E-state index contributed by atoms with van der Waals surface area (Å²) in [6.07, 6.45) is 1.42. The van der Waals surface area contributed by atoms with Gasteiger partial charge in [-0.25, -0.2) is 5.43 Å². The molecule has 0 radical (unpaired) electrons. The van der Waals surface area contributed by atoms with Crippen molar-refractivity contribution in [3.8, 4) is 5.75 Å². The summed E-state index contributed by atoms with van der Waals surface area (Å²) in [6.45, 7) is -1.33. The van der Waals surface area contributed by atoms with Crippen molar-refractivity contribution >= 4 is 12.2 Å². The molecule has 2 rings (SSSR count). The van der Waals surface area contributed by atoms with E-state index in [4.69, 9.17) is 0 Å². The third kappa shape index (κ3) is 4.34. The number of anilines is 1. The van der Waals surface area contributed by atoms with Crippen molar-refractivity contribution in [2.24, 2.45) is 5.10 Å².